The molecule has 1 aliphatic rings. The Morgan fingerprint density at radius 2 is 1.88 bits per heavy atom. The first kappa shape index (κ1) is 22.1. The van der Waals surface area contributed by atoms with Crippen molar-refractivity contribution in [2.45, 2.75) is 58.4 Å². The maximum Gasteiger partial charge on any atom is 0.261 e. The van der Waals surface area contributed by atoms with Crippen molar-refractivity contribution < 1.29 is 9.53 Å². The molecular formula is C26H31N3O3. The number of nitrogens with zero attached hydrogens (tertiary/aromatic N) is 2. The number of carbonyl (C=O) groups excluding carboxylic acids is 1. The van der Waals surface area contributed by atoms with Gasteiger partial charge in [-0.15, -0.1) is 0 Å². The van der Waals surface area contributed by atoms with Gasteiger partial charge in [0.15, 0.2) is 0 Å². The van der Waals surface area contributed by atoms with Gasteiger partial charge in [0.25, 0.3) is 11.5 Å². The summed E-state index contributed by atoms with van der Waals surface area (Å²) >= 11 is 0. The second-order valence-corrected chi connectivity index (χ2v) is 8.51. The molecule has 0 saturated carbocycles. The van der Waals surface area contributed by atoms with E-state index < -0.39 is 0 Å². The van der Waals surface area contributed by atoms with E-state index in [4.69, 9.17) is 9.72 Å². The number of ether oxygens (including phenoxy) is 1. The maximum absolute atomic E-state index is 12.9. The van der Waals surface area contributed by atoms with Crippen molar-refractivity contribution in [3.63, 3.8) is 0 Å². The summed E-state index contributed by atoms with van der Waals surface area (Å²) in [6, 6.07) is 13.2. The van der Waals surface area contributed by atoms with E-state index in [-0.39, 0.29) is 11.5 Å². The summed E-state index contributed by atoms with van der Waals surface area (Å²) in [5.74, 6) is 1.57. The van der Waals surface area contributed by atoms with Crippen LogP contribution in [0.25, 0.3) is 10.9 Å². The van der Waals surface area contributed by atoms with Crippen LogP contribution in [0.3, 0.4) is 0 Å². The van der Waals surface area contributed by atoms with Gasteiger partial charge < -0.3 is 10.1 Å². The highest BCUT2D eigenvalue weighted by atomic mass is 16.5. The van der Waals surface area contributed by atoms with Gasteiger partial charge in [-0.3, -0.25) is 14.2 Å². The fraction of sp³-hybridized carbons (Fsp3) is 0.423. The lowest BCUT2D eigenvalue weighted by Crippen LogP contribution is -2.27. The quantitative estimate of drug-likeness (QED) is 0.560. The molecule has 0 unspecified atom stereocenters. The number of carbonyl (C=O) groups is 1. The van der Waals surface area contributed by atoms with Crippen LogP contribution in [-0.4, -0.2) is 28.6 Å². The van der Waals surface area contributed by atoms with E-state index in [2.05, 4.69) is 5.32 Å². The number of aryl methyl sites for hydroxylation is 2. The first-order chi connectivity index (χ1) is 15.6. The van der Waals surface area contributed by atoms with Crippen LogP contribution in [0.5, 0.6) is 5.75 Å². The minimum atomic E-state index is -0.139. The summed E-state index contributed by atoms with van der Waals surface area (Å²) in [5.41, 5.74) is 2.37. The zero-order valence-electron chi connectivity index (χ0n) is 18.7. The zero-order chi connectivity index (χ0) is 22.3. The third-order valence-corrected chi connectivity index (χ3v) is 5.98. The third-order valence-electron chi connectivity index (χ3n) is 5.98. The molecule has 0 saturated heterocycles. The number of aromatic nitrogens is 2. The van der Waals surface area contributed by atoms with Gasteiger partial charge in [-0.2, -0.15) is 0 Å². The highest BCUT2D eigenvalue weighted by Gasteiger charge is 2.14. The number of amides is 1. The van der Waals surface area contributed by atoms with Gasteiger partial charge in [-0.1, -0.05) is 30.5 Å². The molecule has 0 fully saturated rings. The standard InChI is InChI=1S/C26H31N3O3/c1-19-9-12-21(13-10-19)32-17-7-5-15-27-25(30)20-11-14-22-23(18-20)28-24-8-4-2-3-6-16-29(24)26(22)31/h9-14,18H,2-8,15-17H2,1H3,(H,27,30). The average Bonchev–Trinajstić information content (AvgIpc) is 2.78. The number of fused-ring (bicyclic) bond motifs is 2. The fourth-order valence-corrected chi connectivity index (χ4v) is 4.09. The second-order valence-electron chi connectivity index (χ2n) is 8.51. The first-order valence-electron chi connectivity index (χ1n) is 11.6. The molecule has 168 valence electrons. The Labute approximate surface area is 188 Å². The van der Waals surface area contributed by atoms with E-state index in [1.54, 1.807) is 18.2 Å². The predicted octanol–water partition coefficient (Wildman–Crippen LogP) is 4.41. The lowest BCUT2D eigenvalue weighted by atomic mass is 10.1. The minimum absolute atomic E-state index is 0.00688. The Bertz CT molecular complexity index is 1140. The van der Waals surface area contributed by atoms with Crippen molar-refractivity contribution in [2.75, 3.05) is 13.2 Å². The molecule has 2 aromatic carbocycles. The fourth-order valence-electron chi connectivity index (χ4n) is 4.09. The molecule has 3 aromatic rings. The topological polar surface area (TPSA) is 73.2 Å². The van der Waals surface area contributed by atoms with Gasteiger partial charge in [0.05, 0.1) is 17.5 Å². The van der Waals surface area contributed by atoms with E-state index in [0.29, 0.717) is 29.6 Å². The monoisotopic (exact) mass is 433 g/mol. The van der Waals surface area contributed by atoms with Gasteiger partial charge in [-0.05, 0) is 62.9 Å². The van der Waals surface area contributed by atoms with Crippen LogP contribution in [-0.2, 0) is 13.0 Å². The molecule has 6 nitrogen and oxygen atoms in total. The highest BCUT2D eigenvalue weighted by Crippen LogP contribution is 2.16. The lowest BCUT2D eigenvalue weighted by Gasteiger charge is -2.16. The SMILES string of the molecule is Cc1ccc(OCCCCNC(=O)c2ccc3c(=O)n4c(nc3c2)CCCCCC4)cc1. The average molecular weight is 434 g/mol. The molecule has 4 rings (SSSR count). The Morgan fingerprint density at radius 3 is 2.72 bits per heavy atom. The first-order valence-corrected chi connectivity index (χ1v) is 11.6. The van der Waals surface area contributed by atoms with Crippen molar-refractivity contribution in [1.82, 2.24) is 14.9 Å². The molecule has 1 amide bonds. The molecule has 0 bridgehead atoms. The summed E-state index contributed by atoms with van der Waals surface area (Å²) in [6.07, 6.45) is 6.89. The minimum Gasteiger partial charge on any atom is -0.494 e. The molecular weight excluding hydrogens is 402 g/mol. The van der Waals surface area contributed by atoms with Crippen molar-refractivity contribution in [3.8, 4) is 5.75 Å². The van der Waals surface area contributed by atoms with Crippen molar-refractivity contribution in [2.24, 2.45) is 0 Å². The molecule has 1 N–H and O–H groups in total. The normalized spacial score (nSPS) is 13.8. The van der Waals surface area contributed by atoms with Gasteiger partial charge >= 0.3 is 0 Å². The summed E-state index contributed by atoms with van der Waals surface area (Å²) in [7, 11) is 0. The van der Waals surface area contributed by atoms with Crippen LogP contribution < -0.4 is 15.6 Å². The van der Waals surface area contributed by atoms with Crippen LogP contribution >= 0.6 is 0 Å². The number of hydrogen-bond acceptors (Lipinski definition) is 4. The smallest absolute Gasteiger partial charge is 0.261 e. The third kappa shape index (κ3) is 5.36. The Balaban J connectivity index is 1.32. The van der Waals surface area contributed by atoms with Gasteiger partial charge in [0.2, 0.25) is 0 Å². The number of benzene rings is 2. The van der Waals surface area contributed by atoms with Crippen molar-refractivity contribution in [1.29, 1.82) is 0 Å². The lowest BCUT2D eigenvalue weighted by molar-refractivity contribution is 0.0952. The predicted molar refractivity (Wildman–Crippen MR) is 126 cm³/mol. The van der Waals surface area contributed by atoms with E-state index in [1.165, 1.54) is 12.0 Å². The number of unbranched alkanes of at least 4 members (excludes halogenated alkanes) is 1. The molecule has 0 atom stereocenters. The maximum atomic E-state index is 12.9. The molecule has 0 radical (unpaired) electrons. The van der Waals surface area contributed by atoms with Gasteiger partial charge in [0, 0.05) is 25.1 Å². The molecule has 6 heteroatoms. The summed E-state index contributed by atoms with van der Waals surface area (Å²) in [4.78, 5) is 30.3. The molecule has 1 aromatic heterocycles. The Hall–Kier alpha value is -3.15. The highest BCUT2D eigenvalue weighted by molar-refractivity contribution is 5.97. The summed E-state index contributed by atoms with van der Waals surface area (Å²) < 4.78 is 7.54. The Kier molecular flexibility index (Phi) is 7.20. The van der Waals surface area contributed by atoms with E-state index >= 15 is 0 Å². The summed E-state index contributed by atoms with van der Waals surface area (Å²) in [5, 5.41) is 3.54. The molecule has 1 aliphatic heterocycles. The number of rotatable bonds is 7. The van der Waals surface area contributed by atoms with Crippen LogP contribution in [0, 0.1) is 6.92 Å². The molecule has 0 aliphatic carbocycles. The Morgan fingerprint density at radius 1 is 1.06 bits per heavy atom. The van der Waals surface area contributed by atoms with Gasteiger partial charge in [-0.25, -0.2) is 4.98 Å². The van der Waals surface area contributed by atoms with E-state index in [9.17, 15) is 9.59 Å². The van der Waals surface area contributed by atoms with Crippen molar-refractivity contribution >= 4 is 16.8 Å². The van der Waals surface area contributed by atoms with Crippen LogP contribution in [0.1, 0.15) is 60.3 Å². The largest absolute Gasteiger partial charge is 0.494 e. The van der Waals surface area contributed by atoms with Crippen LogP contribution in [0.15, 0.2) is 47.3 Å². The van der Waals surface area contributed by atoms with Crippen molar-refractivity contribution in [3.05, 3.63) is 69.8 Å². The zero-order valence-corrected chi connectivity index (χ0v) is 18.7. The second kappa shape index (κ2) is 10.4. The van der Waals surface area contributed by atoms with Crippen LogP contribution in [0.2, 0.25) is 0 Å². The number of hydrogen-bond donors (Lipinski definition) is 1. The van der Waals surface area contributed by atoms with Gasteiger partial charge in [0.1, 0.15) is 11.6 Å². The molecule has 32 heavy (non-hydrogen) atoms. The summed E-state index contributed by atoms with van der Waals surface area (Å²) in [6.45, 7) is 3.97. The van der Waals surface area contributed by atoms with E-state index in [1.807, 2.05) is 35.8 Å². The number of nitrogens with one attached hydrogen (secondary N) is 1. The van der Waals surface area contributed by atoms with E-state index in [0.717, 1.165) is 56.6 Å². The van der Waals surface area contributed by atoms with Crippen LogP contribution in [0.4, 0.5) is 0 Å². The molecule has 0 spiro atoms. The molecule has 2 heterocycles.